The van der Waals surface area contributed by atoms with E-state index in [0.717, 1.165) is 36.8 Å². The summed E-state index contributed by atoms with van der Waals surface area (Å²) in [6.45, 7) is -0.109. The van der Waals surface area contributed by atoms with Gasteiger partial charge in [0.1, 0.15) is 23.3 Å². The van der Waals surface area contributed by atoms with Gasteiger partial charge in [-0.1, -0.05) is 79.4 Å². The first-order chi connectivity index (χ1) is 19.5. The van der Waals surface area contributed by atoms with Crippen LogP contribution in [0, 0.1) is 0 Å². The Kier molecular flexibility index (Phi) is 10.7. The molecule has 3 aromatic carbocycles. The zero-order valence-electron chi connectivity index (χ0n) is 23.1. The highest BCUT2D eigenvalue weighted by Crippen LogP contribution is 2.28. The van der Waals surface area contributed by atoms with Gasteiger partial charge in [-0.15, -0.1) is 0 Å². The molecule has 8 heteroatoms. The van der Waals surface area contributed by atoms with Crippen molar-refractivity contribution in [2.45, 2.75) is 57.2 Å². The summed E-state index contributed by atoms with van der Waals surface area (Å²) in [6.07, 6.45) is 5.63. The summed E-state index contributed by atoms with van der Waals surface area (Å²) < 4.78 is 16.6. The summed E-state index contributed by atoms with van der Waals surface area (Å²) >= 11 is 6.52. The van der Waals surface area contributed by atoms with Crippen molar-refractivity contribution in [2.24, 2.45) is 0 Å². The maximum Gasteiger partial charge on any atom is 0.261 e. The van der Waals surface area contributed by atoms with Gasteiger partial charge in [0, 0.05) is 42.2 Å². The third-order valence-corrected chi connectivity index (χ3v) is 7.58. The number of nitrogens with one attached hydrogen (secondary N) is 1. The van der Waals surface area contributed by atoms with E-state index in [9.17, 15) is 9.59 Å². The van der Waals surface area contributed by atoms with Crippen LogP contribution in [0.4, 0.5) is 0 Å². The van der Waals surface area contributed by atoms with E-state index in [0.29, 0.717) is 28.7 Å². The van der Waals surface area contributed by atoms with Crippen LogP contribution >= 0.6 is 11.6 Å². The first kappa shape index (κ1) is 29.3. The molecule has 40 heavy (non-hydrogen) atoms. The van der Waals surface area contributed by atoms with Crippen LogP contribution in [0.2, 0.25) is 5.02 Å². The van der Waals surface area contributed by atoms with Crippen molar-refractivity contribution in [3.63, 3.8) is 0 Å². The maximum atomic E-state index is 13.9. The van der Waals surface area contributed by atoms with Crippen molar-refractivity contribution in [3.8, 4) is 17.2 Å². The summed E-state index contributed by atoms with van der Waals surface area (Å²) in [5, 5.41) is 3.77. The second-order valence-electron chi connectivity index (χ2n) is 10.00. The molecule has 1 fully saturated rings. The predicted molar refractivity (Wildman–Crippen MR) is 156 cm³/mol. The van der Waals surface area contributed by atoms with E-state index in [-0.39, 0.29) is 31.0 Å². The smallest absolute Gasteiger partial charge is 0.261 e. The Labute approximate surface area is 241 Å². The van der Waals surface area contributed by atoms with Gasteiger partial charge in [-0.05, 0) is 30.0 Å². The van der Waals surface area contributed by atoms with Crippen LogP contribution in [-0.4, -0.2) is 49.6 Å². The number of hydrogen-bond acceptors (Lipinski definition) is 5. The van der Waals surface area contributed by atoms with Crippen LogP contribution in [0.15, 0.2) is 72.8 Å². The molecule has 0 heterocycles. The van der Waals surface area contributed by atoms with Crippen molar-refractivity contribution < 1.29 is 23.8 Å². The molecule has 1 aliphatic carbocycles. The van der Waals surface area contributed by atoms with Gasteiger partial charge < -0.3 is 24.4 Å². The fourth-order valence-corrected chi connectivity index (χ4v) is 5.20. The van der Waals surface area contributed by atoms with Crippen molar-refractivity contribution in [1.82, 2.24) is 10.2 Å². The van der Waals surface area contributed by atoms with Gasteiger partial charge in [0.15, 0.2) is 6.61 Å². The lowest BCUT2D eigenvalue weighted by Gasteiger charge is -2.33. The Hall–Kier alpha value is -3.71. The van der Waals surface area contributed by atoms with Gasteiger partial charge in [0.05, 0.1) is 14.2 Å². The fraction of sp³-hybridized carbons (Fsp3) is 0.375. The minimum atomic E-state index is -0.753. The van der Waals surface area contributed by atoms with Gasteiger partial charge in [-0.3, -0.25) is 9.59 Å². The number of carbonyl (C=O) groups excluding carboxylic acids is 2. The molecule has 0 aromatic heterocycles. The normalized spacial score (nSPS) is 14.2. The Morgan fingerprint density at radius 2 is 1.52 bits per heavy atom. The van der Waals surface area contributed by atoms with Crippen molar-refractivity contribution in [2.75, 3.05) is 20.8 Å². The number of nitrogens with zero attached hydrogens (tertiary/aromatic N) is 1. The highest BCUT2D eigenvalue weighted by Gasteiger charge is 2.32. The van der Waals surface area contributed by atoms with Crippen LogP contribution in [-0.2, 0) is 22.6 Å². The third kappa shape index (κ3) is 8.15. The molecule has 0 radical (unpaired) electrons. The second-order valence-corrected chi connectivity index (χ2v) is 10.4. The van der Waals surface area contributed by atoms with Gasteiger partial charge in [-0.25, -0.2) is 0 Å². The van der Waals surface area contributed by atoms with Crippen LogP contribution in [0.1, 0.15) is 43.2 Å². The van der Waals surface area contributed by atoms with Crippen molar-refractivity contribution >= 4 is 23.4 Å². The van der Waals surface area contributed by atoms with Gasteiger partial charge in [0.2, 0.25) is 5.91 Å². The molecule has 7 nitrogen and oxygen atoms in total. The molecule has 1 saturated carbocycles. The second kappa shape index (κ2) is 14.6. The Bertz CT molecular complexity index is 1240. The van der Waals surface area contributed by atoms with Crippen LogP contribution in [0.5, 0.6) is 17.2 Å². The number of ether oxygens (including phenoxy) is 3. The zero-order chi connectivity index (χ0) is 28.3. The Morgan fingerprint density at radius 3 is 2.17 bits per heavy atom. The molecule has 212 valence electrons. The minimum Gasteiger partial charge on any atom is -0.496 e. The highest BCUT2D eigenvalue weighted by molar-refractivity contribution is 6.31. The molecular weight excluding hydrogens is 528 g/mol. The molecule has 2 amide bonds. The van der Waals surface area contributed by atoms with E-state index in [2.05, 4.69) is 5.32 Å². The quantitative estimate of drug-likeness (QED) is 0.300. The summed E-state index contributed by atoms with van der Waals surface area (Å²) in [5.74, 6) is 1.02. The SMILES string of the molecule is COc1cc(OC)cc(OCC(=O)N(Cc2ccccc2Cl)[C@@H](Cc2ccccc2)C(=O)NC2CCCCC2)c1. The fourth-order valence-electron chi connectivity index (χ4n) is 5.00. The molecule has 3 aromatic rings. The van der Waals surface area contributed by atoms with Gasteiger partial charge in [-0.2, -0.15) is 0 Å². The van der Waals surface area contributed by atoms with E-state index >= 15 is 0 Å². The zero-order valence-corrected chi connectivity index (χ0v) is 23.9. The topological polar surface area (TPSA) is 77.1 Å². The van der Waals surface area contributed by atoms with E-state index < -0.39 is 6.04 Å². The lowest BCUT2D eigenvalue weighted by molar-refractivity contribution is -0.143. The van der Waals surface area contributed by atoms with E-state index in [1.807, 2.05) is 48.5 Å². The molecule has 0 spiro atoms. The predicted octanol–water partition coefficient (Wildman–Crippen LogP) is 5.83. The van der Waals surface area contributed by atoms with Gasteiger partial charge in [0.25, 0.3) is 5.91 Å². The summed E-state index contributed by atoms with van der Waals surface area (Å²) in [5.41, 5.74) is 1.71. The van der Waals surface area contributed by atoms with E-state index in [1.54, 1.807) is 43.4 Å². The number of hydrogen-bond donors (Lipinski definition) is 1. The maximum absolute atomic E-state index is 13.9. The molecule has 0 unspecified atom stereocenters. The highest BCUT2D eigenvalue weighted by atomic mass is 35.5. The average molecular weight is 565 g/mol. The molecule has 1 N–H and O–H groups in total. The summed E-state index contributed by atoms with van der Waals surface area (Å²) in [4.78, 5) is 29.3. The Balaban J connectivity index is 1.63. The molecule has 0 bridgehead atoms. The first-order valence-corrected chi connectivity index (χ1v) is 14.1. The molecule has 4 rings (SSSR count). The minimum absolute atomic E-state index is 0.109. The average Bonchev–Trinajstić information content (AvgIpc) is 2.99. The van der Waals surface area contributed by atoms with Crippen LogP contribution < -0.4 is 19.5 Å². The van der Waals surface area contributed by atoms with E-state index in [4.69, 9.17) is 25.8 Å². The first-order valence-electron chi connectivity index (χ1n) is 13.7. The van der Waals surface area contributed by atoms with Crippen LogP contribution in [0.3, 0.4) is 0 Å². The number of halogens is 1. The van der Waals surface area contributed by atoms with Crippen LogP contribution in [0.25, 0.3) is 0 Å². The third-order valence-electron chi connectivity index (χ3n) is 7.21. The van der Waals surface area contributed by atoms with Gasteiger partial charge >= 0.3 is 0 Å². The molecule has 1 atom stereocenters. The van der Waals surface area contributed by atoms with E-state index in [1.165, 1.54) is 6.42 Å². The number of carbonyl (C=O) groups is 2. The molecule has 0 saturated heterocycles. The Morgan fingerprint density at radius 1 is 0.900 bits per heavy atom. The summed E-state index contributed by atoms with van der Waals surface area (Å²) in [7, 11) is 3.10. The number of rotatable bonds is 12. The standard InChI is InChI=1S/C32H37ClN2O5/c1-38-26-18-27(39-2)20-28(19-26)40-22-31(36)35(21-24-13-9-10-16-29(24)33)30(17-23-11-5-3-6-12-23)32(37)34-25-14-7-4-8-15-25/h3,5-6,9-13,16,18-20,25,30H,4,7-8,14-15,17,21-22H2,1-2H3,(H,34,37)/t30-/m0/s1. The number of benzene rings is 3. The monoisotopic (exact) mass is 564 g/mol. The van der Waals surface area contributed by atoms with Crippen molar-refractivity contribution in [3.05, 3.63) is 88.9 Å². The number of amides is 2. The van der Waals surface area contributed by atoms with Crippen molar-refractivity contribution in [1.29, 1.82) is 0 Å². The molecular formula is C32H37ClN2O5. The lowest BCUT2D eigenvalue weighted by Crippen LogP contribution is -2.53. The molecule has 1 aliphatic rings. The summed E-state index contributed by atoms with van der Waals surface area (Å²) in [6, 6.07) is 21.6. The number of methoxy groups -OCH3 is 2. The molecule has 0 aliphatic heterocycles. The lowest BCUT2D eigenvalue weighted by atomic mass is 9.94. The largest absolute Gasteiger partial charge is 0.496 e.